The Morgan fingerprint density at radius 1 is 0.867 bits per heavy atom. The molecule has 158 valence electrons. The van der Waals surface area contributed by atoms with E-state index in [9.17, 15) is 37.4 Å². The standard InChI is InChI=1S/C21H17F4NO4/c22-14-12(13(21(29)30)15(23)17(25)16(14)24)20(28)11-8-9-4-1-2-6-26-7-3-5-10(18(9)26)19(11)27/h8,27H,1-7H2,(H,29,30). The van der Waals surface area contributed by atoms with Crippen molar-refractivity contribution in [2.45, 2.75) is 32.1 Å². The third-order valence-corrected chi connectivity index (χ3v) is 5.70. The molecule has 0 aliphatic carbocycles. The predicted octanol–water partition coefficient (Wildman–Crippen LogP) is 3.97. The van der Waals surface area contributed by atoms with Crippen molar-refractivity contribution < 1.29 is 37.4 Å². The van der Waals surface area contributed by atoms with Crippen molar-refractivity contribution >= 4 is 17.4 Å². The summed E-state index contributed by atoms with van der Waals surface area (Å²) in [5.74, 6) is -12.9. The summed E-state index contributed by atoms with van der Waals surface area (Å²) in [4.78, 5) is 26.5. The molecule has 0 bridgehead atoms. The second kappa shape index (κ2) is 7.30. The largest absolute Gasteiger partial charge is 0.507 e. The number of halogens is 4. The Bertz CT molecular complexity index is 1100. The van der Waals surface area contributed by atoms with Gasteiger partial charge in [0.05, 0.1) is 11.1 Å². The molecule has 4 rings (SSSR count). The zero-order valence-corrected chi connectivity index (χ0v) is 15.7. The molecule has 9 heteroatoms. The minimum Gasteiger partial charge on any atom is -0.507 e. The maximum absolute atomic E-state index is 14.4. The van der Waals surface area contributed by atoms with Gasteiger partial charge in [-0.3, -0.25) is 4.79 Å². The molecule has 2 heterocycles. The van der Waals surface area contributed by atoms with Crippen LogP contribution in [0.25, 0.3) is 0 Å². The number of carboxylic acids is 1. The van der Waals surface area contributed by atoms with Crippen LogP contribution in [-0.2, 0) is 12.8 Å². The highest BCUT2D eigenvalue weighted by molar-refractivity contribution is 6.16. The smallest absolute Gasteiger partial charge is 0.339 e. The summed E-state index contributed by atoms with van der Waals surface area (Å²) in [6, 6.07) is 1.31. The highest BCUT2D eigenvalue weighted by Crippen LogP contribution is 2.42. The van der Waals surface area contributed by atoms with Gasteiger partial charge in [0, 0.05) is 24.3 Å². The van der Waals surface area contributed by atoms with Gasteiger partial charge in [-0.2, -0.15) is 0 Å². The molecule has 0 amide bonds. The van der Waals surface area contributed by atoms with E-state index in [1.807, 2.05) is 0 Å². The van der Waals surface area contributed by atoms with Crippen molar-refractivity contribution in [3.63, 3.8) is 0 Å². The number of rotatable bonds is 3. The SMILES string of the molecule is O=C(O)c1c(F)c(F)c(F)c(F)c1C(=O)c1cc2c3c(c1O)CCCN3CCCC2. The molecule has 30 heavy (non-hydrogen) atoms. The van der Waals surface area contributed by atoms with Crippen LogP contribution in [0.1, 0.15) is 56.7 Å². The Balaban J connectivity index is 1.97. The molecule has 0 unspecified atom stereocenters. The number of ketones is 1. The van der Waals surface area contributed by atoms with Crippen LogP contribution in [0.5, 0.6) is 5.75 Å². The predicted molar refractivity (Wildman–Crippen MR) is 98.2 cm³/mol. The Morgan fingerprint density at radius 3 is 2.17 bits per heavy atom. The average Bonchev–Trinajstić information content (AvgIpc) is 2.93. The Morgan fingerprint density at radius 2 is 1.50 bits per heavy atom. The molecule has 0 saturated heterocycles. The molecule has 2 aromatic carbocycles. The summed E-state index contributed by atoms with van der Waals surface area (Å²) in [6.07, 6.45) is 3.40. The molecule has 0 aromatic heterocycles. The Hall–Kier alpha value is -3.10. The van der Waals surface area contributed by atoms with E-state index in [4.69, 9.17) is 0 Å². The van der Waals surface area contributed by atoms with Gasteiger partial charge in [-0.05, 0) is 43.7 Å². The first-order valence-corrected chi connectivity index (χ1v) is 9.50. The molecule has 2 aromatic rings. The number of benzene rings is 2. The Kier molecular flexibility index (Phi) is 4.91. The number of aromatic carboxylic acids is 1. The van der Waals surface area contributed by atoms with Gasteiger partial charge in [0.2, 0.25) is 5.78 Å². The maximum atomic E-state index is 14.4. The lowest BCUT2D eigenvalue weighted by atomic mass is 9.88. The van der Waals surface area contributed by atoms with Gasteiger partial charge >= 0.3 is 5.97 Å². The number of hydrogen-bond donors (Lipinski definition) is 2. The molecule has 0 atom stereocenters. The number of carbonyl (C=O) groups is 2. The Labute approximate surface area is 168 Å². The first-order chi connectivity index (χ1) is 14.2. The van der Waals surface area contributed by atoms with E-state index in [1.54, 1.807) is 0 Å². The van der Waals surface area contributed by atoms with Crippen LogP contribution >= 0.6 is 0 Å². The molecule has 2 aliphatic heterocycles. The summed E-state index contributed by atoms with van der Waals surface area (Å²) in [7, 11) is 0. The lowest BCUT2D eigenvalue weighted by Crippen LogP contribution is -2.30. The maximum Gasteiger partial charge on any atom is 0.339 e. The normalized spacial score (nSPS) is 15.5. The number of phenolic OH excluding ortho intramolecular Hbond substituents is 1. The first kappa shape index (κ1) is 20.2. The van der Waals surface area contributed by atoms with Gasteiger partial charge in [-0.15, -0.1) is 0 Å². The number of aromatic hydroxyl groups is 1. The van der Waals surface area contributed by atoms with E-state index in [2.05, 4.69) is 4.90 Å². The second-order valence-electron chi connectivity index (χ2n) is 7.45. The average molecular weight is 423 g/mol. The van der Waals surface area contributed by atoms with Crippen LogP contribution in [0, 0.1) is 23.3 Å². The van der Waals surface area contributed by atoms with Crippen LogP contribution in [0.4, 0.5) is 23.2 Å². The highest BCUT2D eigenvalue weighted by Gasteiger charge is 2.36. The molecule has 2 aliphatic rings. The fraction of sp³-hybridized carbons (Fsp3) is 0.333. The quantitative estimate of drug-likeness (QED) is 0.338. The third kappa shape index (κ3) is 2.91. The minimum absolute atomic E-state index is 0.437. The van der Waals surface area contributed by atoms with E-state index in [1.165, 1.54) is 6.07 Å². The van der Waals surface area contributed by atoms with Crippen molar-refractivity contribution in [2.75, 3.05) is 18.0 Å². The minimum atomic E-state index is -2.32. The van der Waals surface area contributed by atoms with Crippen LogP contribution in [0.2, 0.25) is 0 Å². The van der Waals surface area contributed by atoms with Crippen LogP contribution in [0.3, 0.4) is 0 Å². The molecule has 2 N–H and O–H groups in total. The van der Waals surface area contributed by atoms with Gasteiger partial charge in [0.25, 0.3) is 0 Å². The van der Waals surface area contributed by atoms with Crippen LogP contribution in [-0.4, -0.2) is 35.1 Å². The summed E-state index contributed by atoms with van der Waals surface area (Å²) in [5.41, 5.74) is -1.56. The topological polar surface area (TPSA) is 77.8 Å². The number of hydrogen-bond acceptors (Lipinski definition) is 4. The first-order valence-electron chi connectivity index (χ1n) is 9.50. The number of carboxylic acid groups (broad SMARTS) is 1. The monoisotopic (exact) mass is 423 g/mol. The van der Waals surface area contributed by atoms with Gasteiger partial charge in [0.15, 0.2) is 23.3 Å². The number of nitrogens with zero attached hydrogens (tertiary/aromatic N) is 1. The number of phenols is 1. The molecule has 0 spiro atoms. The lowest BCUT2D eigenvalue weighted by Gasteiger charge is -2.32. The summed E-state index contributed by atoms with van der Waals surface area (Å²) in [6.45, 7) is 1.55. The fourth-order valence-corrected chi connectivity index (χ4v) is 4.35. The van der Waals surface area contributed by atoms with Gasteiger partial charge in [0.1, 0.15) is 11.3 Å². The lowest BCUT2D eigenvalue weighted by molar-refractivity contribution is 0.0684. The third-order valence-electron chi connectivity index (χ3n) is 5.70. The molecule has 0 saturated carbocycles. The van der Waals surface area contributed by atoms with Crippen molar-refractivity contribution in [1.29, 1.82) is 0 Å². The van der Waals surface area contributed by atoms with Crippen molar-refractivity contribution in [3.8, 4) is 5.75 Å². The second-order valence-corrected chi connectivity index (χ2v) is 7.45. The van der Waals surface area contributed by atoms with Crippen LogP contribution in [0.15, 0.2) is 6.07 Å². The highest BCUT2D eigenvalue weighted by atomic mass is 19.2. The van der Waals surface area contributed by atoms with E-state index in [0.717, 1.165) is 31.6 Å². The van der Waals surface area contributed by atoms with Gasteiger partial charge in [-0.25, -0.2) is 22.4 Å². The summed E-state index contributed by atoms with van der Waals surface area (Å²) >= 11 is 0. The van der Waals surface area contributed by atoms with E-state index in [0.29, 0.717) is 30.4 Å². The van der Waals surface area contributed by atoms with Gasteiger partial charge < -0.3 is 15.1 Å². The molecular formula is C21H17F4NO4. The number of anilines is 1. The van der Waals surface area contributed by atoms with Crippen molar-refractivity contribution in [1.82, 2.24) is 0 Å². The van der Waals surface area contributed by atoms with Crippen molar-refractivity contribution in [2.24, 2.45) is 0 Å². The number of aryl methyl sites for hydroxylation is 1. The molecule has 0 radical (unpaired) electrons. The molecule has 5 nitrogen and oxygen atoms in total. The fourth-order valence-electron chi connectivity index (χ4n) is 4.35. The van der Waals surface area contributed by atoms with Gasteiger partial charge in [-0.1, -0.05) is 0 Å². The van der Waals surface area contributed by atoms with E-state index >= 15 is 0 Å². The van der Waals surface area contributed by atoms with E-state index < -0.39 is 57.5 Å². The molecular weight excluding hydrogens is 406 g/mol. The number of carbonyl (C=O) groups excluding carboxylic acids is 1. The summed E-state index contributed by atoms with van der Waals surface area (Å²) < 4.78 is 55.9. The van der Waals surface area contributed by atoms with Crippen LogP contribution < -0.4 is 4.90 Å². The van der Waals surface area contributed by atoms with E-state index in [-0.39, 0.29) is 0 Å². The van der Waals surface area contributed by atoms with Crippen molar-refractivity contribution in [3.05, 3.63) is 57.2 Å². The summed E-state index contributed by atoms with van der Waals surface area (Å²) in [5, 5.41) is 20.0. The molecule has 0 fully saturated rings. The zero-order chi connectivity index (χ0) is 21.7. The zero-order valence-electron chi connectivity index (χ0n) is 15.7.